The molecule has 0 bridgehead atoms. The molecule has 7 heteroatoms. The van der Waals surface area contributed by atoms with Gasteiger partial charge in [0, 0.05) is 36.4 Å². The average molecular weight is 334 g/mol. The maximum absolute atomic E-state index is 11.8. The topological polar surface area (TPSA) is 83.1 Å². The Hall–Kier alpha value is -1.76. The number of carbonyl (C=O) groups is 2. The van der Waals surface area contributed by atoms with Crippen molar-refractivity contribution in [2.24, 2.45) is 0 Å². The third-order valence-electron chi connectivity index (χ3n) is 4.29. The highest BCUT2D eigenvalue weighted by atomic mass is 32.2. The van der Waals surface area contributed by atoms with E-state index in [1.807, 2.05) is 23.9 Å². The molecule has 3 atom stereocenters. The minimum absolute atomic E-state index is 0.0416. The molecular weight excluding hydrogens is 312 g/mol. The lowest BCUT2D eigenvalue weighted by Gasteiger charge is -2.16. The number of fused-ring (bicyclic) bond motifs is 1. The summed E-state index contributed by atoms with van der Waals surface area (Å²) < 4.78 is 0. The average Bonchev–Trinajstić information content (AvgIpc) is 3.10. The first kappa shape index (κ1) is 16.1. The van der Waals surface area contributed by atoms with Gasteiger partial charge >= 0.3 is 6.03 Å². The zero-order valence-electron chi connectivity index (χ0n) is 13.0. The van der Waals surface area contributed by atoms with E-state index in [1.165, 1.54) is 0 Å². The van der Waals surface area contributed by atoms with Gasteiger partial charge in [0.05, 0.1) is 12.1 Å². The lowest BCUT2D eigenvalue weighted by molar-refractivity contribution is -0.121. The number of pyridine rings is 1. The molecule has 2 aliphatic heterocycles. The molecule has 124 valence electrons. The van der Waals surface area contributed by atoms with Crippen molar-refractivity contribution in [3.8, 4) is 0 Å². The Balaban J connectivity index is 1.29. The molecule has 0 saturated carbocycles. The summed E-state index contributed by atoms with van der Waals surface area (Å²) >= 11 is 1.92. The first-order valence-corrected chi connectivity index (χ1v) is 9.11. The minimum Gasteiger partial charge on any atom is -0.352 e. The van der Waals surface area contributed by atoms with Gasteiger partial charge in [0.2, 0.25) is 5.91 Å². The SMILES string of the molecule is O=C(CCCC[C@@H]1SC[C@H]2NC(=O)N[C@H]12)NCc1cccnc1. The number of unbranched alkanes of at least 4 members (excludes halogenated alkanes) is 1. The highest BCUT2D eigenvalue weighted by Crippen LogP contribution is 2.33. The smallest absolute Gasteiger partial charge is 0.315 e. The van der Waals surface area contributed by atoms with Crippen molar-refractivity contribution >= 4 is 23.7 Å². The molecule has 0 radical (unpaired) electrons. The molecule has 2 fully saturated rings. The van der Waals surface area contributed by atoms with E-state index in [0.29, 0.717) is 18.2 Å². The molecule has 0 unspecified atom stereocenters. The second-order valence-electron chi connectivity index (χ2n) is 6.01. The molecule has 0 aromatic carbocycles. The maximum Gasteiger partial charge on any atom is 0.315 e. The number of hydrogen-bond acceptors (Lipinski definition) is 4. The van der Waals surface area contributed by atoms with Crippen molar-refractivity contribution in [2.45, 2.75) is 49.6 Å². The van der Waals surface area contributed by atoms with Crippen LogP contribution in [0.5, 0.6) is 0 Å². The van der Waals surface area contributed by atoms with E-state index in [2.05, 4.69) is 20.9 Å². The fraction of sp³-hybridized carbons (Fsp3) is 0.562. The predicted molar refractivity (Wildman–Crippen MR) is 90.0 cm³/mol. The molecule has 0 spiro atoms. The molecule has 6 nitrogen and oxygen atoms in total. The molecule has 3 heterocycles. The van der Waals surface area contributed by atoms with Crippen LogP contribution in [0.3, 0.4) is 0 Å². The Morgan fingerprint density at radius 3 is 3.13 bits per heavy atom. The Kier molecular flexibility index (Phi) is 5.38. The first-order valence-electron chi connectivity index (χ1n) is 8.06. The highest BCUT2D eigenvalue weighted by molar-refractivity contribution is 8.00. The molecule has 3 N–H and O–H groups in total. The van der Waals surface area contributed by atoms with Gasteiger partial charge in [0.25, 0.3) is 0 Å². The summed E-state index contributed by atoms with van der Waals surface area (Å²) in [4.78, 5) is 27.2. The molecule has 3 rings (SSSR count). The van der Waals surface area contributed by atoms with Crippen LogP contribution in [-0.4, -0.2) is 40.0 Å². The van der Waals surface area contributed by atoms with Crippen LogP contribution in [0.2, 0.25) is 0 Å². The van der Waals surface area contributed by atoms with E-state index in [9.17, 15) is 9.59 Å². The highest BCUT2D eigenvalue weighted by Gasteiger charge is 2.42. The Labute approximate surface area is 140 Å². The number of nitrogens with zero attached hydrogens (tertiary/aromatic N) is 1. The summed E-state index contributed by atoms with van der Waals surface area (Å²) in [6.07, 6.45) is 6.98. The maximum atomic E-state index is 11.8. The van der Waals surface area contributed by atoms with Gasteiger partial charge in [0.1, 0.15) is 0 Å². The molecule has 2 aliphatic rings. The second-order valence-corrected chi connectivity index (χ2v) is 7.28. The van der Waals surface area contributed by atoms with E-state index in [-0.39, 0.29) is 24.0 Å². The fourth-order valence-corrected chi connectivity index (χ4v) is 4.61. The van der Waals surface area contributed by atoms with Gasteiger partial charge < -0.3 is 16.0 Å². The number of urea groups is 1. The van der Waals surface area contributed by atoms with Crippen LogP contribution in [0.25, 0.3) is 0 Å². The van der Waals surface area contributed by atoms with E-state index in [1.54, 1.807) is 12.4 Å². The summed E-state index contributed by atoms with van der Waals surface area (Å²) in [5.41, 5.74) is 1.01. The lowest BCUT2D eigenvalue weighted by Crippen LogP contribution is -2.36. The number of carbonyl (C=O) groups excluding carboxylic acids is 2. The molecule has 23 heavy (non-hydrogen) atoms. The summed E-state index contributed by atoms with van der Waals surface area (Å²) in [5, 5.41) is 9.33. The third-order valence-corrected chi connectivity index (χ3v) is 5.80. The standard InChI is InChI=1S/C16H22N4O2S/c21-14(18-9-11-4-3-7-17-8-11)6-2-1-5-13-15-12(10-23-13)19-16(22)20-15/h3-4,7-8,12-13,15H,1-2,5-6,9-10H2,(H,18,21)(H2,19,20,22)/t12-,13+,15+/m1/s1. The van der Waals surface area contributed by atoms with Gasteiger partial charge in [-0.3, -0.25) is 9.78 Å². The van der Waals surface area contributed by atoms with Crippen LogP contribution in [0.4, 0.5) is 4.79 Å². The van der Waals surface area contributed by atoms with Gasteiger partial charge in [0.15, 0.2) is 0 Å². The van der Waals surface area contributed by atoms with Gasteiger partial charge in [-0.2, -0.15) is 11.8 Å². The largest absolute Gasteiger partial charge is 0.352 e. The Morgan fingerprint density at radius 1 is 1.39 bits per heavy atom. The molecule has 0 aliphatic carbocycles. The summed E-state index contributed by atoms with van der Waals surface area (Å²) in [7, 11) is 0. The zero-order valence-corrected chi connectivity index (χ0v) is 13.8. The lowest BCUT2D eigenvalue weighted by atomic mass is 10.0. The van der Waals surface area contributed by atoms with Crippen LogP contribution in [0, 0.1) is 0 Å². The van der Waals surface area contributed by atoms with Crippen molar-refractivity contribution in [3.05, 3.63) is 30.1 Å². The second kappa shape index (κ2) is 7.68. The summed E-state index contributed by atoms with van der Waals surface area (Å²) in [5.74, 6) is 1.07. The first-order chi connectivity index (χ1) is 11.2. The van der Waals surface area contributed by atoms with Crippen molar-refractivity contribution in [3.63, 3.8) is 0 Å². The van der Waals surface area contributed by atoms with Crippen molar-refractivity contribution in [1.29, 1.82) is 0 Å². The fourth-order valence-electron chi connectivity index (χ4n) is 3.07. The van der Waals surface area contributed by atoms with Gasteiger partial charge in [-0.1, -0.05) is 12.5 Å². The van der Waals surface area contributed by atoms with Crippen molar-refractivity contribution in [1.82, 2.24) is 20.9 Å². The minimum atomic E-state index is -0.0416. The number of aromatic nitrogens is 1. The van der Waals surface area contributed by atoms with Crippen LogP contribution >= 0.6 is 11.8 Å². The molecule has 1 aromatic rings. The number of amides is 3. The number of thioether (sulfide) groups is 1. The third kappa shape index (κ3) is 4.37. The number of rotatable bonds is 7. The van der Waals surface area contributed by atoms with E-state index in [4.69, 9.17) is 0 Å². The van der Waals surface area contributed by atoms with E-state index < -0.39 is 0 Å². The monoisotopic (exact) mass is 334 g/mol. The number of nitrogens with one attached hydrogen (secondary N) is 3. The van der Waals surface area contributed by atoms with E-state index >= 15 is 0 Å². The van der Waals surface area contributed by atoms with Gasteiger partial charge in [-0.05, 0) is 24.5 Å². The van der Waals surface area contributed by atoms with Crippen molar-refractivity contribution < 1.29 is 9.59 Å². The van der Waals surface area contributed by atoms with Crippen LogP contribution in [-0.2, 0) is 11.3 Å². The van der Waals surface area contributed by atoms with Gasteiger partial charge in [-0.25, -0.2) is 4.79 Å². The predicted octanol–water partition coefficient (Wildman–Crippen LogP) is 1.42. The Bertz CT molecular complexity index is 554. The zero-order chi connectivity index (χ0) is 16.1. The molecular formula is C16H22N4O2S. The summed E-state index contributed by atoms with van der Waals surface area (Å²) in [6, 6.07) is 4.31. The number of hydrogen-bond donors (Lipinski definition) is 3. The quantitative estimate of drug-likeness (QED) is 0.520. The van der Waals surface area contributed by atoms with Crippen LogP contribution in [0.15, 0.2) is 24.5 Å². The van der Waals surface area contributed by atoms with Crippen LogP contribution in [0.1, 0.15) is 31.2 Å². The van der Waals surface area contributed by atoms with Crippen molar-refractivity contribution in [2.75, 3.05) is 5.75 Å². The molecule has 2 saturated heterocycles. The molecule has 1 aromatic heterocycles. The Morgan fingerprint density at radius 2 is 2.30 bits per heavy atom. The van der Waals surface area contributed by atoms with Gasteiger partial charge in [-0.15, -0.1) is 0 Å². The molecule has 3 amide bonds. The van der Waals surface area contributed by atoms with Crippen LogP contribution < -0.4 is 16.0 Å². The summed E-state index contributed by atoms with van der Waals surface area (Å²) in [6.45, 7) is 0.534. The van der Waals surface area contributed by atoms with E-state index in [0.717, 1.165) is 30.6 Å². The normalized spacial score (nSPS) is 25.6.